The molecule has 0 radical (unpaired) electrons. The molecule has 1 unspecified atom stereocenters. The Morgan fingerprint density at radius 3 is 2.75 bits per heavy atom. The first-order valence-corrected chi connectivity index (χ1v) is 5.86. The summed E-state index contributed by atoms with van der Waals surface area (Å²) in [5, 5.41) is 2.55. The molecule has 0 aromatic heterocycles. The van der Waals surface area contributed by atoms with Crippen LogP contribution in [-0.4, -0.2) is 24.0 Å². The molecule has 1 rings (SSSR count). The molecule has 0 saturated carbocycles. The van der Waals surface area contributed by atoms with Crippen LogP contribution in [0, 0.1) is 0 Å². The zero-order valence-electron chi connectivity index (χ0n) is 8.25. The number of hydrogen-bond donors (Lipinski definition) is 1. The third-order valence-electron chi connectivity index (χ3n) is 1.67. The van der Waals surface area contributed by atoms with Gasteiger partial charge < -0.3 is 4.74 Å². The molecule has 1 atom stereocenters. The van der Waals surface area contributed by atoms with Gasteiger partial charge in [0.15, 0.2) is 0 Å². The summed E-state index contributed by atoms with van der Waals surface area (Å²) >= 11 is 17.0. The van der Waals surface area contributed by atoms with E-state index in [0.29, 0.717) is 10.7 Å². The Hall–Kier alpha value is -0.640. The third kappa shape index (κ3) is 4.47. The summed E-state index contributed by atoms with van der Waals surface area (Å²) in [6, 6.07) is 6.86. The van der Waals surface area contributed by atoms with Crippen LogP contribution in [0.4, 0.5) is 10.5 Å². The highest BCUT2D eigenvalue weighted by Crippen LogP contribution is 2.20. The largest absolute Gasteiger partial charge is 0.448 e. The summed E-state index contributed by atoms with van der Waals surface area (Å²) in [4.78, 5) is 11.3. The first-order chi connectivity index (χ1) is 7.63. The number of para-hydroxylation sites is 1. The minimum atomic E-state index is -0.608. The molecular weight excluding hydrogens is 272 g/mol. The van der Waals surface area contributed by atoms with Crippen molar-refractivity contribution < 1.29 is 9.53 Å². The fourth-order valence-electron chi connectivity index (χ4n) is 0.919. The number of hydrogen-bond acceptors (Lipinski definition) is 2. The van der Waals surface area contributed by atoms with E-state index >= 15 is 0 Å². The Bertz CT molecular complexity index is 360. The van der Waals surface area contributed by atoms with Crippen molar-refractivity contribution in [3.63, 3.8) is 0 Å². The lowest BCUT2D eigenvalue weighted by atomic mass is 10.3. The van der Waals surface area contributed by atoms with E-state index in [2.05, 4.69) is 5.32 Å². The highest BCUT2D eigenvalue weighted by atomic mass is 35.5. The van der Waals surface area contributed by atoms with Gasteiger partial charge in [-0.1, -0.05) is 23.7 Å². The van der Waals surface area contributed by atoms with Gasteiger partial charge in [0.1, 0.15) is 6.61 Å². The SMILES string of the molecule is O=C(Nc1ccccc1Cl)OCC(Cl)CCl. The second-order valence-electron chi connectivity index (χ2n) is 2.95. The maximum Gasteiger partial charge on any atom is 0.411 e. The van der Waals surface area contributed by atoms with Gasteiger partial charge in [-0.05, 0) is 12.1 Å². The van der Waals surface area contributed by atoms with Crippen LogP contribution in [0.3, 0.4) is 0 Å². The van der Waals surface area contributed by atoms with E-state index in [1.54, 1.807) is 24.3 Å². The number of alkyl halides is 2. The van der Waals surface area contributed by atoms with Crippen LogP contribution >= 0.6 is 34.8 Å². The number of nitrogens with one attached hydrogen (secondary N) is 1. The molecule has 6 heteroatoms. The molecule has 1 amide bonds. The molecule has 88 valence electrons. The lowest BCUT2D eigenvalue weighted by molar-refractivity contribution is 0.163. The second-order valence-corrected chi connectivity index (χ2v) is 4.29. The van der Waals surface area contributed by atoms with Crippen molar-refractivity contribution in [1.29, 1.82) is 0 Å². The van der Waals surface area contributed by atoms with Gasteiger partial charge in [-0.2, -0.15) is 0 Å². The molecule has 3 nitrogen and oxygen atoms in total. The molecule has 0 aliphatic carbocycles. The molecule has 0 aliphatic heterocycles. The molecule has 1 aromatic carbocycles. The normalized spacial score (nSPS) is 11.9. The van der Waals surface area contributed by atoms with Crippen molar-refractivity contribution >= 4 is 46.6 Å². The molecule has 0 saturated heterocycles. The molecular formula is C10H10Cl3NO2. The zero-order chi connectivity index (χ0) is 12.0. The molecule has 0 spiro atoms. The lowest BCUT2D eigenvalue weighted by Gasteiger charge is -2.09. The summed E-state index contributed by atoms with van der Waals surface area (Å²) in [5.74, 6) is 0.223. The van der Waals surface area contributed by atoms with E-state index in [0.717, 1.165) is 0 Å². The molecule has 0 fully saturated rings. The highest BCUT2D eigenvalue weighted by molar-refractivity contribution is 6.33. The summed E-state index contributed by atoms with van der Waals surface area (Å²) < 4.78 is 4.83. The number of halogens is 3. The van der Waals surface area contributed by atoms with Gasteiger partial charge >= 0.3 is 6.09 Å². The quantitative estimate of drug-likeness (QED) is 0.855. The maximum absolute atomic E-state index is 11.3. The van der Waals surface area contributed by atoms with Crippen LogP contribution in [0.5, 0.6) is 0 Å². The average Bonchev–Trinajstić information content (AvgIpc) is 2.29. The number of benzene rings is 1. The first-order valence-electron chi connectivity index (χ1n) is 4.52. The van der Waals surface area contributed by atoms with E-state index in [9.17, 15) is 4.79 Å². The van der Waals surface area contributed by atoms with Crippen LogP contribution in [0.25, 0.3) is 0 Å². The van der Waals surface area contributed by atoms with Gasteiger partial charge in [-0.15, -0.1) is 23.2 Å². The van der Waals surface area contributed by atoms with Gasteiger partial charge in [0.2, 0.25) is 0 Å². The number of ether oxygens (including phenoxy) is 1. The van der Waals surface area contributed by atoms with Crippen molar-refractivity contribution in [2.75, 3.05) is 17.8 Å². The van der Waals surface area contributed by atoms with E-state index in [1.165, 1.54) is 0 Å². The Morgan fingerprint density at radius 1 is 1.44 bits per heavy atom. The van der Waals surface area contributed by atoms with Crippen molar-refractivity contribution in [2.45, 2.75) is 5.38 Å². The molecule has 0 heterocycles. The van der Waals surface area contributed by atoms with Crippen LogP contribution in [0.1, 0.15) is 0 Å². The Balaban J connectivity index is 2.43. The average molecular weight is 283 g/mol. The van der Waals surface area contributed by atoms with E-state index in [1.807, 2.05) is 0 Å². The highest BCUT2D eigenvalue weighted by Gasteiger charge is 2.09. The van der Waals surface area contributed by atoms with Crippen LogP contribution < -0.4 is 5.32 Å². The second kappa shape index (κ2) is 6.84. The van der Waals surface area contributed by atoms with Gasteiger partial charge in [-0.25, -0.2) is 4.79 Å². The Kier molecular flexibility index (Phi) is 5.74. The van der Waals surface area contributed by atoms with E-state index in [-0.39, 0.29) is 12.5 Å². The minimum Gasteiger partial charge on any atom is -0.448 e. The summed E-state index contributed by atoms with van der Waals surface area (Å²) in [6.45, 7) is 0.0569. The van der Waals surface area contributed by atoms with Crippen LogP contribution in [0.15, 0.2) is 24.3 Å². The van der Waals surface area contributed by atoms with Crippen molar-refractivity contribution in [2.24, 2.45) is 0 Å². The number of rotatable bonds is 4. The van der Waals surface area contributed by atoms with Crippen molar-refractivity contribution in [3.05, 3.63) is 29.3 Å². The summed E-state index contributed by atoms with van der Waals surface area (Å²) in [5.41, 5.74) is 0.492. The topological polar surface area (TPSA) is 38.3 Å². The first kappa shape index (κ1) is 13.4. The zero-order valence-corrected chi connectivity index (χ0v) is 10.5. The maximum atomic E-state index is 11.3. The van der Waals surface area contributed by atoms with Gasteiger partial charge in [-0.3, -0.25) is 5.32 Å². The lowest BCUT2D eigenvalue weighted by Crippen LogP contribution is -2.19. The Morgan fingerprint density at radius 2 is 2.12 bits per heavy atom. The van der Waals surface area contributed by atoms with Crippen LogP contribution in [0.2, 0.25) is 5.02 Å². The van der Waals surface area contributed by atoms with Crippen LogP contribution in [-0.2, 0) is 4.74 Å². The predicted octanol–water partition coefficient (Wildman–Crippen LogP) is 3.73. The fourth-order valence-corrected chi connectivity index (χ4v) is 1.25. The molecule has 0 bridgehead atoms. The number of amides is 1. The number of carbonyl (C=O) groups is 1. The third-order valence-corrected chi connectivity index (χ3v) is 2.81. The number of carbonyl (C=O) groups excluding carboxylic acids is 1. The molecule has 1 N–H and O–H groups in total. The summed E-state index contributed by atoms with van der Waals surface area (Å²) in [7, 11) is 0. The molecule has 1 aromatic rings. The van der Waals surface area contributed by atoms with E-state index < -0.39 is 11.5 Å². The van der Waals surface area contributed by atoms with Gasteiger partial charge in [0.05, 0.1) is 16.1 Å². The van der Waals surface area contributed by atoms with Crippen molar-refractivity contribution in [1.82, 2.24) is 0 Å². The minimum absolute atomic E-state index is 0.0569. The van der Waals surface area contributed by atoms with Crippen molar-refractivity contribution in [3.8, 4) is 0 Å². The standard InChI is InChI=1S/C10H10Cl3NO2/c11-5-7(12)6-16-10(15)14-9-4-2-1-3-8(9)13/h1-4,7H,5-6H2,(H,14,15). The fraction of sp³-hybridized carbons (Fsp3) is 0.300. The number of anilines is 1. The Labute approximate surface area is 109 Å². The van der Waals surface area contributed by atoms with E-state index in [4.69, 9.17) is 39.5 Å². The summed E-state index contributed by atoms with van der Waals surface area (Å²) in [6.07, 6.45) is -0.608. The molecule has 16 heavy (non-hydrogen) atoms. The smallest absolute Gasteiger partial charge is 0.411 e. The van der Waals surface area contributed by atoms with Gasteiger partial charge in [0, 0.05) is 5.88 Å². The molecule has 0 aliphatic rings. The monoisotopic (exact) mass is 281 g/mol. The predicted molar refractivity (Wildman–Crippen MR) is 66.8 cm³/mol. The van der Waals surface area contributed by atoms with Gasteiger partial charge in [0.25, 0.3) is 0 Å².